The summed E-state index contributed by atoms with van der Waals surface area (Å²) in [6, 6.07) is 7.54. The summed E-state index contributed by atoms with van der Waals surface area (Å²) in [6.07, 6.45) is 3.20. The van der Waals surface area contributed by atoms with Crippen LogP contribution in [0.4, 0.5) is 11.6 Å². The van der Waals surface area contributed by atoms with Crippen LogP contribution in [0.5, 0.6) is 5.75 Å². The largest absolute Gasteiger partial charge is 0.484 e. The van der Waals surface area contributed by atoms with Crippen molar-refractivity contribution in [2.24, 2.45) is 0 Å². The van der Waals surface area contributed by atoms with E-state index in [1.807, 2.05) is 31.2 Å². The van der Waals surface area contributed by atoms with Gasteiger partial charge in [-0.1, -0.05) is 17.7 Å². The molecule has 1 aromatic heterocycles. The molecule has 0 saturated carbocycles. The number of carbonyl (C=O) groups excluding carboxylic acids is 1. The summed E-state index contributed by atoms with van der Waals surface area (Å²) in [7, 11) is 0. The zero-order chi connectivity index (χ0) is 16.8. The number of carbonyl (C=O) groups is 1. The number of rotatable bonds is 5. The molecule has 0 radical (unpaired) electrons. The van der Waals surface area contributed by atoms with Crippen molar-refractivity contribution in [1.82, 2.24) is 9.97 Å². The lowest BCUT2D eigenvalue weighted by Crippen LogP contribution is -2.37. The number of morpholine rings is 1. The van der Waals surface area contributed by atoms with Gasteiger partial charge in [0.2, 0.25) is 5.95 Å². The van der Waals surface area contributed by atoms with Gasteiger partial charge in [0, 0.05) is 13.1 Å². The van der Waals surface area contributed by atoms with E-state index in [4.69, 9.17) is 9.47 Å². The third-order valence-corrected chi connectivity index (χ3v) is 3.61. The summed E-state index contributed by atoms with van der Waals surface area (Å²) in [5.74, 6) is 1.06. The number of nitrogens with one attached hydrogen (secondary N) is 1. The second kappa shape index (κ2) is 7.74. The summed E-state index contributed by atoms with van der Waals surface area (Å²) >= 11 is 0. The van der Waals surface area contributed by atoms with Crippen molar-refractivity contribution in [2.75, 3.05) is 43.1 Å². The summed E-state index contributed by atoms with van der Waals surface area (Å²) in [6.45, 7) is 4.84. The number of amides is 1. The van der Waals surface area contributed by atoms with Crippen molar-refractivity contribution >= 4 is 17.5 Å². The van der Waals surface area contributed by atoms with Gasteiger partial charge >= 0.3 is 0 Å². The van der Waals surface area contributed by atoms with Crippen LogP contribution in [0.2, 0.25) is 0 Å². The number of anilines is 2. The summed E-state index contributed by atoms with van der Waals surface area (Å²) in [4.78, 5) is 22.5. The molecule has 0 aliphatic carbocycles. The summed E-state index contributed by atoms with van der Waals surface area (Å²) < 4.78 is 10.7. The van der Waals surface area contributed by atoms with Crippen LogP contribution >= 0.6 is 0 Å². The molecule has 2 aromatic rings. The van der Waals surface area contributed by atoms with Gasteiger partial charge in [0.1, 0.15) is 5.75 Å². The van der Waals surface area contributed by atoms with E-state index in [9.17, 15) is 4.79 Å². The molecule has 0 spiro atoms. The van der Waals surface area contributed by atoms with Crippen LogP contribution in [0.15, 0.2) is 36.7 Å². The molecule has 7 nitrogen and oxygen atoms in total. The number of ether oxygens (including phenoxy) is 2. The molecule has 1 fully saturated rings. The molecule has 0 unspecified atom stereocenters. The fourth-order valence-corrected chi connectivity index (χ4v) is 2.29. The maximum absolute atomic E-state index is 11.9. The molecule has 1 amide bonds. The van der Waals surface area contributed by atoms with E-state index < -0.39 is 0 Å². The highest BCUT2D eigenvalue weighted by Gasteiger charge is 2.13. The molecule has 1 saturated heterocycles. The smallest absolute Gasteiger partial charge is 0.262 e. The predicted molar refractivity (Wildman–Crippen MR) is 90.4 cm³/mol. The standard InChI is InChI=1S/C17H20N4O3/c1-13-2-4-15(5-3-13)24-12-16(22)20-14-10-18-17(19-11-14)21-6-8-23-9-7-21/h2-5,10-11H,6-9,12H2,1H3,(H,20,22). The Labute approximate surface area is 140 Å². The first kappa shape index (κ1) is 16.2. The van der Waals surface area contributed by atoms with E-state index in [0.29, 0.717) is 30.6 Å². The van der Waals surface area contributed by atoms with E-state index in [-0.39, 0.29) is 12.5 Å². The first-order valence-corrected chi connectivity index (χ1v) is 7.85. The molecule has 24 heavy (non-hydrogen) atoms. The summed E-state index contributed by atoms with van der Waals surface area (Å²) in [5.41, 5.74) is 1.69. The molecule has 126 valence electrons. The van der Waals surface area contributed by atoms with E-state index in [2.05, 4.69) is 20.2 Å². The third-order valence-electron chi connectivity index (χ3n) is 3.61. The minimum absolute atomic E-state index is 0.0612. The van der Waals surface area contributed by atoms with E-state index in [1.165, 1.54) is 0 Å². The number of nitrogens with zero attached hydrogens (tertiary/aromatic N) is 3. The minimum Gasteiger partial charge on any atom is -0.484 e. The molecular formula is C17H20N4O3. The summed E-state index contributed by atoms with van der Waals surface area (Å²) in [5, 5.41) is 2.72. The lowest BCUT2D eigenvalue weighted by atomic mass is 10.2. The fraction of sp³-hybridized carbons (Fsp3) is 0.353. The van der Waals surface area contributed by atoms with Gasteiger partial charge in [-0.15, -0.1) is 0 Å². The maximum atomic E-state index is 11.9. The van der Waals surface area contributed by atoms with Crippen LogP contribution in [0.3, 0.4) is 0 Å². The molecular weight excluding hydrogens is 308 g/mol. The topological polar surface area (TPSA) is 76.6 Å². The van der Waals surface area contributed by atoms with Crippen LogP contribution in [0, 0.1) is 6.92 Å². The van der Waals surface area contributed by atoms with Crippen molar-refractivity contribution in [3.8, 4) is 5.75 Å². The average molecular weight is 328 g/mol. The van der Waals surface area contributed by atoms with Crippen LogP contribution in [-0.2, 0) is 9.53 Å². The fourth-order valence-electron chi connectivity index (χ4n) is 2.29. The zero-order valence-electron chi connectivity index (χ0n) is 13.6. The van der Waals surface area contributed by atoms with Gasteiger partial charge in [-0.2, -0.15) is 0 Å². The van der Waals surface area contributed by atoms with Gasteiger partial charge in [-0.25, -0.2) is 9.97 Å². The SMILES string of the molecule is Cc1ccc(OCC(=O)Nc2cnc(N3CCOCC3)nc2)cc1. The molecule has 7 heteroatoms. The number of benzene rings is 1. The average Bonchev–Trinajstić information content (AvgIpc) is 2.63. The van der Waals surface area contributed by atoms with Crippen molar-refractivity contribution in [3.63, 3.8) is 0 Å². The Morgan fingerprint density at radius 2 is 1.88 bits per heavy atom. The molecule has 1 N–H and O–H groups in total. The molecule has 1 aromatic carbocycles. The van der Waals surface area contributed by atoms with Gasteiger partial charge < -0.3 is 19.7 Å². The van der Waals surface area contributed by atoms with Crippen LogP contribution in [-0.4, -0.2) is 48.8 Å². The molecule has 2 heterocycles. The molecule has 3 rings (SSSR count). The Balaban J connectivity index is 1.49. The number of aryl methyl sites for hydroxylation is 1. The second-order valence-electron chi connectivity index (χ2n) is 5.52. The second-order valence-corrected chi connectivity index (χ2v) is 5.52. The quantitative estimate of drug-likeness (QED) is 0.899. The Morgan fingerprint density at radius 1 is 1.21 bits per heavy atom. The first-order valence-electron chi connectivity index (χ1n) is 7.85. The van der Waals surface area contributed by atoms with Crippen molar-refractivity contribution < 1.29 is 14.3 Å². The Hall–Kier alpha value is -2.67. The number of hydrogen-bond donors (Lipinski definition) is 1. The lowest BCUT2D eigenvalue weighted by molar-refractivity contribution is -0.118. The Morgan fingerprint density at radius 3 is 2.54 bits per heavy atom. The Bertz CT molecular complexity index is 667. The number of aromatic nitrogens is 2. The normalized spacial score (nSPS) is 14.3. The third kappa shape index (κ3) is 4.42. The van der Waals surface area contributed by atoms with E-state index >= 15 is 0 Å². The van der Waals surface area contributed by atoms with Gasteiger partial charge in [0.15, 0.2) is 6.61 Å². The van der Waals surface area contributed by atoms with Crippen molar-refractivity contribution in [1.29, 1.82) is 0 Å². The molecule has 1 aliphatic rings. The van der Waals surface area contributed by atoms with Crippen LogP contribution < -0.4 is 15.0 Å². The van der Waals surface area contributed by atoms with Crippen LogP contribution in [0.1, 0.15) is 5.56 Å². The molecule has 1 aliphatic heterocycles. The van der Waals surface area contributed by atoms with E-state index in [1.54, 1.807) is 12.4 Å². The van der Waals surface area contributed by atoms with Crippen molar-refractivity contribution in [3.05, 3.63) is 42.2 Å². The van der Waals surface area contributed by atoms with E-state index in [0.717, 1.165) is 18.7 Å². The lowest BCUT2D eigenvalue weighted by Gasteiger charge is -2.26. The highest BCUT2D eigenvalue weighted by atomic mass is 16.5. The molecule has 0 atom stereocenters. The monoisotopic (exact) mass is 328 g/mol. The van der Waals surface area contributed by atoms with Gasteiger partial charge in [0.05, 0.1) is 31.3 Å². The Kier molecular flexibility index (Phi) is 5.22. The van der Waals surface area contributed by atoms with Gasteiger partial charge in [0.25, 0.3) is 5.91 Å². The highest BCUT2D eigenvalue weighted by molar-refractivity contribution is 5.91. The predicted octanol–water partition coefficient (Wildman–Crippen LogP) is 1.64. The van der Waals surface area contributed by atoms with Crippen LogP contribution in [0.25, 0.3) is 0 Å². The number of hydrogen-bond acceptors (Lipinski definition) is 6. The highest BCUT2D eigenvalue weighted by Crippen LogP contribution is 2.13. The van der Waals surface area contributed by atoms with Gasteiger partial charge in [-0.05, 0) is 19.1 Å². The van der Waals surface area contributed by atoms with Crippen molar-refractivity contribution in [2.45, 2.75) is 6.92 Å². The molecule has 0 bridgehead atoms. The zero-order valence-corrected chi connectivity index (χ0v) is 13.6. The maximum Gasteiger partial charge on any atom is 0.262 e. The first-order chi connectivity index (χ1) is 11.7. The van der Waals surface area contributed by atoms with Gasteiger partial charge in [-0.3, -0.25) is 4.79 Å². The minimum atomic E-state index is -0.252.